The number of halogens is 1. The van der Waals surface area contributed by atoms with Crippen molar-refractivity contribution in [1.82, 2.24) is 4.90 Å². The van der Waals surface area contributed by atoms with Gasteiger partial charge in [-0.25, -0.2) is 9.18 Å². The van der Waals surface area contributed by atoms with Gasteiger partial charge >= 0.3 is 5.97 Å². The first-order valence-corrected chi connectivity index (χ1v) is 6.15. The smallest absolute Gasteiger partial charge is 0.326 e. The average Bonchev–Trinajstić information content (AvgIpc) is 2.34. The Morgan fingerprint density at radius 2 is 2.00 bits per heavy atom. The van der Waals surface area contributed by atoms with Gasteiger partial charge in [-0.3, -0.25) is 4.79 Å². The molecule has 18 heavy (non-hydrogen) atoms. The van der Waals surface area contributed by atoms with Crippen molar-refractivity contribution in [2.45, 2.75) is 33.2 Å². The second-order valence-corrected chi connectivity index (χ2v) is 4.09. The summed E-state index contributed by atoms with van der Waals surface area (Å²) in [6.45, 7) is 4.58. The first-order chi connectivity index (χ1) is 8.49. The molecule has 2 unspecified atom stereocenters. The predicted molar refractivity (Wildman–Crippen MR) is 65.1 cm³/mol. The van der Waals surface area contributed by atoms with Gasteiger partial charge in [0.2, 0.25) is 5.91 Å². The normalized spacial score (nSPS) is 14.0. The molecule has 0 aromatic carbocycles. The third-order valence-electron chi connectivity index (χ3n) is 2.88. The van der Waals surface area contributed by atoms with Gasteiger partial charge in [0.25, 0.3) is 0 Å². The van der Waals surface area contributed by atoms with E-state index in [2.05, 4.69) is 0 Å². The Hall–Kier alpha value is -1.17. The fraction of sp³-hybridized carbons (Fsp3) is 0.833. The molecule has 0 heterocycles. The van der Waals surface area contributed by atoms with Crippen LogP contribution < -0.4 is 0 Å². The molecule has 0 aliphatic heterocycles. The molecule has 106 valence electrons. The maximum Gasteiger partial charge on any atom is 0.326 e. The van der Waals surface area contributed by atoms with Crippen LogP contribution in [0.2, 0.25) is 0 Å². The maximum absolute atomic E-state index is 11.9. The van der Waals surface area contributed by atoms with E-state index in [1.165, 1.54) is 4.90 Å². The van der Waals surface area contributed by atoms with E-state index in [9.17, 15) is 19.1 Å². The summed E-state index contributed by atoms with van der Waals surface area (Å²) in [5.41, 5.74) is 0. The molecule has 5 nitrogen and oxygen atoms in total. The quantitative estimate of drug-likeness (QED) is 0.637. The van der Waals surface area contributed by atoms with Gasteiger partial charge in [0.1, 0.15) is 19.3 Å². The van der Waals surface area contributed by atoms with Crippen molar-refractivity contribution in [2.24, 2.45) is 5.92 Å². The van der Waals surface area contributed by atoms with E-state index in [0.717, 1.165) is 0 Å². The van der Waals surface area contributed by atoms with Gasteiger partial charge in [0.15, 0.2) is 0 Å². The topological polar surface area (TPSA) is 66.8 Å². The van der Waals surface area contributed by atoms with E-state index >= 15 is 0 Å². The fourth-order valence-electron chi connectivity index (χ4n) is 1.73. The Kier molecular flexibility index (Phi) is 8.28. The number of alkyl halides is 1. The van der Waals surface area contributed by atoms with Gasteiger partial charge in [-0.1, -0.05) is 20.3 Å². The van der Waals surface area contributed by atoms with Gasteiger partial charge in [-0.2, -0.15) is 0 Å². The van der Waals surface area contributed by atoms with E-state index < -0.39 is 24.6 Å². The molecule has 0 rings (SSSR count). The van der Waals surface area contributed by atoms with Crippen LogP contribution in [0.4, 0.5) is 4.39 Å². The minimum Gasteiger partial charge on any atom is -0.480 e. The van der Waals surface area contributed by atoms with Crippen molar-refractivity contribution in [2.75, 3.05) is 26.4 Å². The van der Waals surface area contributed by atoms with Crippen LogP contribution >= 0.6 is 0 Å². The molecule has 0 aromatic rings. The number of carboxylic acids is 1. The number of carboxylic acid groups (broad SMARTS) is 1. The largest absolute Gasteiger partial charge is 0.480 e. The molecule has 0 bridgehead atoms. The third kappa shape index (κ3) is 5.00. The van der Waals surface area contributed by atoms with E-state index in [1.54, 1.807) is 13.8 Å². The minimum atomic E-state index is -1.02. The highest BCUT2D eigenvalue weighted by Gasteiger charge is 2.32. The molecule has 2 atom stereocenters. The number of hydrogen-bond acceptors (Lipinski definition) is 3. The molecule has 0 spiro atoms. The lowest BCUT2D eigenvalue weighted by Gasteiger charge is -2.31. The van der Waals surface area contributed by atoms with Crippen molar-refractivity contribution in [1.29, 1.82) is 0 Å². The third-order valence-corrected chi connectivity index (χ3v) is 2.88. The summed E-state index contributed by atoms with van der Waals surface area (Å²) < 4.78 is 16.7. The Balaban J connectivity index is 4.68. The lowest BCUT2D eigenvalue weighted by atomic mass is 9.97. The highest BCUT2D eigenvalue weighted by Crippen LogP contribution is 2.15. The van der Waals surface area contributed by atoms with Gasteiger partial charge in [-0.05, 0) is 12.8 Å². The van der Waals surface area contributed by atoms with Gasteiger partial charge < -0.3 is 14.7 Å². The summed E-state index contributed by atoms with van der Waals surface area (Å²) in [6, 6.07) is -0.860. The second-order valence-electron chi connectivity index (χ2n) is 4.09. The molecule has 6 heteroatoms. The van der Waals surface area contributed by atoms with Crippen molar-refractivity contribution in [3.8, 4) is 0 Å². The molecule has 0 aliphatic carbocycles. The van der Waals surface area contributed by atoms with E-state index in [0.29, 0.717) is 13.0 Å². The Bertz CT molecular complexity index is 273. The summed E-state index contributed by atoms with van der Waals surface area (Å²) in [5, 5.41) is 9.20. The van der Waals surface area contributed by atoms with Crippen LogP contribution in [0.5, 0.6) is 0 Å². The van der Waals surface area contributed by atoms with Crippen LogP contribution in [-0.4, -0.2) is 54.4 Å². The number of nitrogens with zero attached hydrogens (tertiary/aromatic N) is 1. The lowest BCUT2D eigenvalue weighted by molar-refractivity contribution is -0.154. The highest BCUT2D eigenvalue weighted by atomic mass is 19.1. The standard InChI is InChI=1S/C12H22FNO4/c1-4-9(3)11(12(16)17)14(5-2)10(15)8-18-7-6-13/h9,11H,4-8H2,1-3H3,(H,16,17). The van der Waals surface area contributed by atoms with Crippen LogP contribution in [0.1, 0.15) is 27.2 Å². The number of carbonyl (C=O) groups excluding carboxylic acids is 1. The molecule has 0 fully saturated rings. The van der Waals surface area contributed by atoms with Crippen LogP contribution in [0.25, 0.3) is 0 Å². The Morgan fingerprint density at radius 3 is 2.39 bits per heavy atom. The Labute approximate surface area is 107 Å². The van der Waals surface area contributed by atoms with Crippen LogP contribution in [0.15, 0.2) is 0 Å². The van der Waals surface area contributed by atoms with Crippen LogP contribution in [0, 0.1) is 5.92 Å². The molecular weight excluding hydrogens is 241 g/mol. The Morgan fingerprint density at radius 1 is 1.39 bits per heavy atom. The number of rotatable bonds is 9. The molecule has 0 aliphatic rings. The lowest BCUT2D eigenvalue weighted by Crippen LogP contribution is -2.49. The monoisotopic (exact) mass is 263 g/mol. The summed E-state index contributed by atoms with van der Waals surface area (Å²) >= 11 is 0. The summed E-state index contributed by atoms with van der Waals surface area (Å²) in [6.07, 6.45) is 0.659. The molecule has 0 saturated heterocycles. The zero-order valence-electron chi connectivity index (χ0n) is 11.2. The average molecular weight is 263 g/mol. The van der Waals surface area contributed by atoms with E-state index in [-0.39, 0.29) is 19.1 Å². The highest BCUT2D eigenvalue weighted by molar-refractivity contribution is 5.84. The first kappa shape index (κ1) is 16.8. The number of likely N-dealkylation sites (N-methyl/N-ethyl adjacent to an activating group) is 1. The molecule has 0 radical (unpaired) electrons. The molecular formula is C12H22FNO4. The van der Waals surface area contributed by atoms with E-state index in [1.807, 2.05) is 6.92 Å². The predicted octanol–water partition coefficient (Wildman–Crippen LogP) is 1.32. The van der Waals surface area contributed by atoms with Gasteiger partial charge in [0.05, 0.1) is 6.61 Å². The number of hydrogen-bond donors (Lipinski definition) is 1. The number of carbonyl (C=O) groups is 2. The zero-order chi connectivity index (χ0) is 14.1. The van der Waals surface area contributed by atoms with Crippen LogP contribution in [0.3, 0.4) is 0 Å². The van der Waals surface area contributed by atoms with Gasteiger partial charge in [-0.15, -0.1) is 0 Å². The molecule has 1 amide bonds. The summed E-state index contributed by atoms with van der Waals surface area (Å²) in [7, 11) is 0. The first-order valence-electron chi connectivity index (χ1n) is 6.15. The van der Waals surface area contributed by atoms with E-state index in [4.69, 9.17) is 4.74 Å². The number of ether oxygens (including phenoxy) is 1. The fourth-order valence-corrected chi connectivity index (χ4v) is 1.73. The van der Waals surface area contributed by atoms with Crippen molar-refractivity contribution in [3.05, 3.63) is 0 Å². The molecule has 0 aromatic heterocycles. The zero-order valence-corrected chi connectivity index (χ0v) is 11.2. The summed E-state index contributed by atoms with van der Waals surface area (Å²) in [4.78, 5) is 24.3. The number of aliphatic carboxylic acids is 1. The molecule has 1 N–H and O–H groups in total. The van der Waals surface area contributed by atoms with Crippen molar-refractivity contribution < 1.29 is 23.8 Å². The molecule has 0 saturated carbocycles. The number of amides is 1. The SMILES string of the molecule is CCC(C)C(C(=O)O)N(CC)C(=O)COCCF. The van der Waals surface area contributed by atoms with Gasteiger partial charge in [0, 0.05) is 6.54 Å². The maximum atomic E-state index is 11.9. The van der Waals surface area contributed by atoms with Crippen molar-refractivity contribution in [3.63, 3.8) is 0 Å². The summed E-state index contributed by atoms with van der Waals surface area (Å²) in [5.74, 6) is -1.59. The van der Waals surface area contributed by atoms with Crippen molar-refractivity contribution >= 4 is 11.9 Å². The second kappa shape index (κ2) is 8.85. The van der Waals surface area contributed by atoms with Crippen LogP contribution in [-0.2, 0) is 14.3 Å². The minimum absolute atomic E-state index is 0.146.